The molecular weight excluding hydrogens is 244 g/mol. The van der Waals surface area contributed by atoms with Crippen LogP contribution in [0.15, 0.2) is 6.07 Å². The van der Waals surface area contributed by atoms with Crippen molar-refractivity contribution in [2.45, 2.75) is 44.6 Å². The Morgan fingerprint density at radius 2 is 2.22 bits per heavy atom. The van der Waals surface area contributed by atoms with Gasteiger partial charge in [-0.15, -0.1) is 11.3 Å². The molecule has 1 fully saturated rings. The van der Waals surface area contributed by atoms with E-state index >= 15 is 0 Å². The van der Waals surface area contributed by atoms with E-state index in [0.717, 1.165) is 37.2 Å². The molecule has 1 aliphatic carbocycles. The molecule has 3 nitrogen and oxygen atoms in total. The van der Waals surface area contributed by atoms with Gasteiger partial charge < -0.3 is 10.6 Å². The van der Waals surface area contributed by atoms with Crippen LogP contribution >= 0.6 is 11.3 Å². The Labute approximate surface area is 112 Å². The summed E-state index contributed by atoms with van der Waals surface area (Å²) in [5.41, 5.74) is 1.42. The van der Waals surface area contributed by atoms with E-state index < -0.39 is 0 Å². The van der Waals surface area contributed by atoms with Crippen molar-refractivity contribution in [3.8, 4) is 0 Å². The Morgan fingerprint density at radius 3 is 3.06 bits per heavy atom. The van der Waals surface area contributed by atoms with Crippen LogP contribution in [0, 0.1) is 0 Å². The average Bonchev–Trinajstić information content (AvgIpc) is 2.95. The summed E-state index contributed by atoms with van der Waals surface area (Å²) in [5, 5.41) is 6.40. The third kappa shape index (κ3) is 2.59. The lowest BCUT2D eigenvalue weighted by atomic mass is 10.1. The van der Waals surface area contributed by atoms with E-state index in [0.29, 0.717) is 6.04 Å². The normalized spacial score (nSPS) is 23.4. The summed E-state index contributed by atoms with van der Waals surface area (Å²) in [5.74, 6) is 0.127. The molecule has 0 aromatic carbocycles. The number of rotatable bonds is 2. The summed E-state index contributed by atoms with van der Waals surface area (Å²) in [6, 6.07) is 2.45. The molecule has 1 aliphatic heterocycles. The van der Waals surface area contributed by atoms with Gasteiger partial charge in [0.25, 0.3) is 5.91 Å². The number of thiophene rings is 1. The van der Waals surface area contributed by atoms with Crippen LogP contribution in [-0.4, -0.2) is 25.0 Å². The summed E-state index contributed by atoms with van der Waals surface area (Å²) in [6.45, 7) is 1.93. The molecule has 2 N–H and O–H groups in total. The van der Waals surface area contributed by atoms with E-state index in [1.807, 2.05) is 0 Å². The van der Waals surface area contributed by atoms with Crippen LogP contribution in [0.3, 0.4) is 0 Å². The first kappa shape index (κ1) is 12.2. The molecule has 0 saturated carbocycles. The van der Waals surface area contributed by atoms with Gasteiger partial charge in [-0.05, 0) is 50.3 Å². The van der Waals surface area contributed by atoms with E-state index in [9.17, 15) is 4.79 Å². The first-order valence-electron chi connectivity index (χ1n) is 6.96. The number of amides is 1. The quantitative estimate of drug-likeness (QED) is 0.803. The first-order valence-corrected chi connectivity index (χ1v) is 7.78. The maximum Gasteiger partial charge on any atom is 0.261 e. The molecule has 4 heteroatoms. The molecule has 1 aromatic heterocycles. The smallest absolute Gasteiger partial charge is 0.261 e. The Balaban J connectivity index is 1.69. The van der Waals surface area contributed by atoms with Gasteiger partial charge in [-0.3, -0.25) is 4.79 Å². The lowest BCUT2D eigenvalue weighted by Crippen LogP contribution is -2.35. The second-order valence-corrected chi connectivity index (χ2v) is 6.42. The zero-order chi connectivity index (χ0) is 12.4. The van der Waals surface area contributed by atoms with Crippen LogP contribution in [0.25, 0.3) is 0 Å². The molecule has 0 bridgehead atoms. The highest BCUT2D eigenvalue weighted by atomic mass is 32.1. The second-order valence-electron chi connectivity index (χ2n) is 5.28. The van der Waals surface area contributed by atoms with Crippen molar-refractivity contribution in [3.63, 3.8) is 0 Å². The molecule has 1 aromatic rings. The lowest BCUT2D eigenvalue weighted by molar-refractivity contribution is 0.0944. The SMILES string of the molecule is O=C(NC1CCNC1)c1cc2c(s1)CCCCC2. The summed E-state index contributed by atoms with van der Waals surface area (Å²) in [7, 11) is 0. The minimum absolute atomic E-state index is 0.127. The van der Waals surface area contributed by atoms with Gasteiger partial charge in [0, 0.05) is 17.5 Å². The van der Waals surface area contributed by atoms with Crippen molar-refractivity contribution in [2.24, 2.45) is 0 Å². The van der Waals surface area contributed by atoms with E-state index in [4.69, 9.17) is 0 Å². The fraction of sp³-hybridized carbons (Fsp3) is 0.643. The van der Waals surface area contributed by atoms with Crippen molar-refractivity contribution >= 4 is 17.2 Å². The van der Waals surface area contributed by atoms with Crippen LogP contribution in [0.1, 0.15) is 45.8 Å². The van der Waals surface area contributed by atoms with E-state index in [1.54, 1.807) is 11.3 Å². The summed E-state index contributed by atoms with van der Waals surface area (Å²) < 4.78 is 0. The van der Waals surface area contributed by atoms with E-state index in [1.165, 1.54) is 29.7 Å². The Bertz CT molecular complexity index is 412. The molecule has 2 aliphatic rings. The van der Waals surface area contributed by atoms with Crippen LogP contribution in [0.4, 0.5) is 0 Å². The number of fused-ring (bicyclic) bond motifs is 1. The van der Waals surface area contributed by atoms with E-state index in [-0.39, 0.29) is 5.91 Å². The molecule has 1 saturated heterocycles. The van der Waals surface area contributed by atoms with Gasteiger partial charge in [0.15, 0.2) is 0 Å². The molecule has 1 amide bonds. The molecule has 2 heterocycles. The lowest BCUT2D eigenvalue weighted by Gasteiger charge is -2.09. The van der Waals surface area contributed by atoms with Gasteiger partial charge in [0.05, 0.1) is 4.88 Å². The monoisotopic (exact) mass is 264 g/mol. The Morgan fingerprint density at radius 1 is 1.33 bits per heavy atom. The van der Waals surface area contributed by atoms with Crippen LogP contribution in [-0.2, 0) is 12.8 Å². The molecule has 1 atom stereocenters. The highest BCUT2D eigenvalue weighted by Crippen LogP contribution is 2.29. The van der Waals surface area contributed by atoms with Gasteiger partial charge in [-0.2, -0.15) is 0 Å². The van der Waals surface area contributed by atoms with Crippen molar-refractivity contribution in [2.75, 3.05) is 13.1 Å². The number of hydrogen-bond acceptors (Lipinski definition) is 3. The van der Waals surface area contributed by atoms with Gasteiger partial charge in [-0.1, -0.05) is 6.42 Å². The van der Waals surface area contributed by atoms with Crippen LogP contribution < -0.4 is 10.6 Å². The standard InChI is InChI=1S/C14H20N2OS/c17-14(16-11-6-7-15-9-11)13-8-10-4-2-1-3-5-12(10)18-13/h8,11,15H,1-7,9H2,(H,16,17). The maximum atomic E-state index is 12.2. The minimum atomic E-state index is 0.127. The predicted octanol–water partition coefficient (Wildman–Crippen LogP) is 2.11. The maximum absolute atomic E-state index is 12.2. The summed E-state index contributed by atoms with van der Waals surface area (Å²) in [6.07, 6.45) is 7.26. The predicted molar refractivity (Wildman–Crippen MR) is 74.3 cm³/mol. The Kier molecular flexibility index (Phi) is 3.66. The van der Waals surface area contributed by atoms with Crippen molar-refractivity contribution in [1.82, 2.24) is 10.6 Å². The third-order valence-electron chi connectivity index (χ3n) is 3.87. The van der Waals surface area contributed by atoms with Crippen molar-refractivity contribution in [3.05, 3.63) is 21.4 Å². The minimum Gasteiger partial charge on any atom is -0.347 e. The third-order valence-corrected chi connectivity index (χ3v) is 5.10. The number of hydrogen-bond donors (Lipinski definition) is 2. The second kappa shape index (κ2) is 5.41. The molecule has 0 radical (unpaired) electrons. The zero-order valence-electron chi connectivity index (χ0n) is 10.6. The van der Waals surface area contributed by atoms with Crippen LogP contribution in [0.5, 0.6) is 0 Å². The van der Waals surface area contributed by atoms with E-state index in [2.05, 4.69) is 16.7 Å². The topological polar surface area (TPSA) is 41.1 Å². The summed E-state index contributed by atoms with van der Waals surface area (Å²) >= 11 is 1.71. The summed E-state index contributed by atoms with van der Waals surface area (Å²) in [4.78, 5) is 14.5. The first-order chi connectivity index (χ1) is 8.83. The molecule has 98 valence electrons. The molecule has 18 heavy (non-hydrogen) atoms. The highest BCUT2D eigenvalue weighted by molar-refractivity contribution is 7.14. The van der Waals surface area contributed by atoms with Gasteiger partial charge in [0.1, 0.15) is 0 Å². The van der Waals surface area contributed by atoms with Crippen molar-refractivity contribution < 1.29 is 4.79 Å². The fourth-order valence-electron chi connectivity index (χ4n) is 2.81. The number of nitrogens with one attached hydrogen (secondary N) is 2. The van der Waals surface area contributed by atoms with Crippen LogP contribution in [0.2, 0.25) is 0 Å². The number of carbonyl (C=O) groups is 1. The zero-order valence-corrected chi connectivity index (χ0v) is 11.4. The molecular formula is C14H20N2OS. The molecule has 3 rings (SSSR count). The fourth-order valence-corrected chi connectivity index (χ4v) is 3.97. The molecule has 1 unspecified atom stereocenters. The number of aryl methyl sites for hydroxylation is 2. The largest absolute Gasteiger partial charge is 0.347 e. The van der Waals surface area contributed by atoms with Gasteiger partial charge in [0.2, 0.25) is 0 Å². The molecule has 0 spiro atoms. The number of carbonyl (C=O) groups excluding carboxylic acids is 1. The van der Waals surface area contributed by atoms with Gasteiger partial charge >= 0.3 is 0 Å². The average molecular weight is 264 g/mol. The highest BCUT2D eigenvalue weighted by Gasteiger charge is 2.20. The van der Waals surface area contributed by atoms with Gasteiger partial charge in [-0.25, -0.2) is 0 Å². The van der Waals surface area contributed by atoms with Crippen molar-refractivity contribution in [1.29, 1.82) is 0 Å². The Hall–Kier alpha value is -0.870.